The van der Waals surface area contributed by atoms with Crippen molar-refractivity contribution in [1.29, 1.82) is 0 Å². The van der Waals surface area contributed by atoms with Gasteiger partial charge in [0.1, 0.15) is 18.1 Å². The van der Waals surface area contributed by atoms with E-state index >= 15 is 0 Å². The van der Waals surface area contributed by atoms with Crippen LogP contribution in [0.4, 0.5) is 22.9 Å². The van der Waals surface area contributed by atoms with E-state index in [0.29, 0.717) is 39.6 Å². The maximum atomic E-state index is 13.4. The number of hydrogen-bond donors (Lipinski definition) is 3. The number of piperazine rings is 1. The van der Waals surface area contributed by atoms with Gasteiger partial charge < -0.3 is 25.0 Å². The van der Waals surface area contributed by atoms with E-state index in [1.807, 2.05) is 31.5 Å². The molecule has 328 valence electrons. The van der Waals surface area contributed by atoms with Crippen LogP contribution in [0.3, 0.4) is 0 Å². The Hall–Kier alpha value is -6.75. The summed E-state index contributed by atoms with van der Waals surface area (Å²) in [4.78, 5) is 90.0. The summed E-state index contributed by atoms with van der Waals surface area (Å²) < 4.78 is 2.08. The number of aromatic nitrogens is 5. The largest absolute Gasteiger partial charge is 0.371 e. The van der Waals surface area contributed by atoms with Crippen LogP contribution in [-0.2, 0) is 9.59 Å². The standard InChI is InChI=1S/C47H50N12O5/c1-28-3-2-4-37(51-28)43(61)53-30-21-33(22-30)58-27-50-40-41(48-26-49-42(40)58)52-29-5-7-31(8-6-29)56-17-19-57(20-18-56)34-24-47(25-34)13-15-55(16-14-47)32-9-10-35-36(23-32)46(64)59(45(35)63)38-11-12-39(60)54-44(38)62/h2-10,23,26-27,30,33-34,38H,11-22,24-25H2,1H3,(H,53,61)(H,48,49,52)(H,54,60,62). The Balaban J connectivity index is 0.638. The number of rotatable bonds is 9. The minimum atomic E-state index is -0.963. The SMILES string of the molecule is Cc1cccc(C(=O)NC2CC(n3cnc4c(Nc5ccc(N6CCN(C7CC8(CCN(c9ccc%10c(c9)C(=O)N(C9CCC(=O)NC9=O)C%10=O)CC8)C7)CC6)cc5)ncnc43)C2)n1. The molecule has 5 amide bonds. The third-order valence-corrected chi connectivity index (χ3v) is 14.6. The smallest absolute Gasteiger partial charge is 0.270 e. The highest BCUT2D eigenvalue weighted by atomic mass is 16.2. The van der Waals surface area contributed by atoms with Crippen molar-refractivity contribution >= 4 is 63.6 Å². The number of benzene rings is 2. The van der Waals surface area contributed by atoms with Gasteiger partial charge in [0.15, 0.2) is 17.0 Å². The van der Waals surface area contributed by atoms with Crippen molar-refractivity contribution in [2.24, 2.45) is 5.41 Å². The Bertz CT molecular complexity index is 2690. The maximum Gasteiger partial charge on any atom is 0.270 e. The molecule has 17 heteroatoms. The van der Waals surface area contributed by atoms with Crippen molar-refractivity contribution in [2.45, 2.75) is 82.5 Å². The molecule has 0 radical (unpaired) electrons. The Kier molecular flexibility index (Phi) is 9.89. The van der Waals surface area contributed by atoms with Gasteiger partial charge in [0.05, 0.1) is 17.5 Å². The molecule has 5 fully saturated rings. The van der Waals surface area contributed by atoms with Gasteiger partial charge in [-0.25, -0.2) is 19.9 Å². The molecule has 2 aromatic carbocycles. The molecule has 4 aliphatic heterocycles. The summed E-state index contributed by atoms with van der Waals surface area (Å²) in [6.45, 7) is 7.68. The zero-order valence-corrected chi connectivity index (χ0v) is 35.7. The Morgan fingerprint density at radius 3 is 2.28 bits per heavy atom. The molecule has 11 rings (SSSR count). The van der Waals surface area contributed by atoms with E-state index in [-0.39, 0.29) is 36.7 Å². The van der Waals surface area contributed by atoms with E-state index in [9.17, 15) is 24.0 Å². The zero-order valence-electron chi connectivity index (χ0n) is 35.7. The fourth-order valence-corrected chi connectivity index (χ4v) is 10.8. The van der Waals surface area contributed by atoms with E-state index in [1.54, 1.807) is 24.5 Å². The minimum Gasteiger partial charge on any atom is -0.371 e. The van der Waals surface area contributed by atoms with E-state index < -0.39 is 23.8 Å². The zero-order chi connectivity index (χ0) is 43.7. The second kappa shape index (κ2) is 15.8. The van der Waals surface area contributed by atoms with Crippen LogP contribution in [0, 0.1) is 12.3 Å². The number of aryl methyl sites for hydroxylation is 1. The van der Waals surface area contributed by atoms with Crippen molar-refractivity contribution < 1.29 is 24.0 Å². The van der Waals surface area contributed by atoms with Gasteiger partial charge in [0, 0.05) is 86.6 Å². The lowest BCUT2D eigenvalue weighted by atomic mass is 9.60. The average Bonchev–Trinajstić information content (AvgIpc) is 3.82. The number of imidazole rings is 1. The van der Waals surface area contributed by atoms with E-state index in [0.717, 1.165) is 92.6 Å². The number of anilines is 4. The van der Waals surface area contributed by atoms with Crippen molar-refractivity contribution in [3.63, 3.8) is 0 Å². The molecular formula is C47H50N12O5. The predicted octanol–water partition coefficient (Wildman–Crippen LogP) is 4.38. The van der Waals surface area contributed by atoms with Crippen LogP contribution in [0.15, 0.2) is 73.3 Å². The quantitative estimate of drug-likeness (QED) is 0.177. The van der Waals surface area contributed by atoms with Crippen molar-refractivity contribution in [3.05, 3.63) is 95.8 Å². The first-order valence-corrected chi connectivity index (χ1v) is 22.5. The monoisotopic (exact) mass is 862 g/mol. The van der Waals surface area contributed by atoms with Crippen molar-refractivity contribution in [1.82, 2.24) is 44.9 Å². The summed E-state index contributed by atoms with van der Waals surface area (Å²) in [5.74, 6) is -1.41. The molecule has 3 saturated heterocycles. The van der Waals surface area contributed by atoms with Crippen LogP contribution in [0.1, 0.15) is 94.3 Å². The van der Waals surface area contributed by atoms with Gasteiger partial charge in [-0.15, -0.1) is 0 Å². The van der Waals surface area contributed by atoms with Crippen LogP contribution < -0.4 is 25.8 Å². The Morgan fingerprint density at radius 1 is 0.797 bits per heavy atom. The maximum absolute atomic E-state index is 13.4. The number of carbonyl (C=O) groups is 5. The number of fused-ring (bicyclic) bond motifs is 2. The molecule has 2 saturated carbocycles. The highest BCUT2D eigenvalue weighted by Crippen LogP contribution is 2.51. The molecule has 1 unspecified atom stereocenters. The molecule has 7 heterocycles. The van der Waals surface area contributed by atoms with E-state index in [4.69, 9.17) is 0 Å². The second-order valence-electron chi connectivity index (χ2n) is 18.4. The topological polar surface area (TPSA) is 191 Å². The average molecular weight is 863 g/mol. The van der Waals surface area contributed by atoms with Crippen molar-refractivity contribution in [2.75, 3.05) is 54.4 Å². The molecule has 3 N–H and O–H groups in total. The molecule has 0 bridgehead atoms. The van der Waals surface area contributed by atoms with Gasteiger partial charge in [-0.2, -0.15) is 0 Å². The Morgan fingerprint density at radius 2 is 1.53 bits per heavy atom. The molecule has 6 aliphatic rings. The number of amides is 5. The molecular weight excluding hydrogens is 813 g/mol. The minimum absolute atomic E-state index is 0.0693. The van der Waals surface area contributed by atoms with Crippen LogP contribution in [0.2, 0.25) is 0 Å². The highest BCUT2D eigenvalue weighted by Gasteiger charge is 2.49. The Labute approximate surface area is 369 Å². The summed E-state index contributed by atoms with van der Waals surface area (Å²) in [5.41, 5.74) is 6.77. The molecule has 1 atom stereocenters. The first kappa shape index (κ1) is 40.1. The normalized spacial score (nSPS) is 23.5. The van der Waals surface area contributed by atoms with Gasteiger partial charge in [0.25, 0.3) is 17.7 Å². The summed E-state index contributed by atoms with van der Waals surface area (Å²) in [7, 11) is 0. The predicted molar refractivity (Wildman–Crippen MR) is 237 cm³/mol. The summed E-state index contributed by atoms with van der Waals surface area (Å²) in [6.07, 6.45) is 9.81. The van der Waals surface area contributed by atoms with Crippen molar-refractivity contribution in [3.8, 4) is 0 Å². The molecule has 3 aromatic heterocycles. The second-order valence-corrected chi connectivity index (χ2v) is 18.4. The van der Waals surface area contributed by atoms with E-state index in [1.165, 1.54) is 18.5 Å². The third-order valence-electron chi connectivity index (χ3n) is 14.6. The fourth-order valence-electron chi connectivity index (χ4n) is 10.8. The first-order valence-electron chi connectivity index (χ1n) is 22.5. The number of nitrogens with one attached hydrogen (secondary N) is 3. The number of hydrogen-bond acceptors (Lipinski definition) is 13. The van der Waals surface area contributed by atoms with Gasteiger partial charge in [-0.1, -0.05) is 6.07 Å². The lowest BCUT2D eigenvalue weighted by molar-refractivity contribution is -0.136. The summed E-state index contributed by atoms with van der Waals surface area (Å²) >= 11 is 0. The summed E-state index contributed by atoms with van der Waals surface area (Å²) in [6, 6.07) is 19.3. The van der Waals surface area contributed by atoms with Crippen LogP contribution >= 0.6 is 0 Å². The molecule has 2 aliphatic carbocycles. The molecule has 64 heavy (non-hydrogen) atoms. The van der Waals surface area contributed by atoms with Gasteiger partial charge in [-0.05, 0) is 112 Å². The fraction of sp³-hybridized carbons (Fsp3) is 0.426. The molecule has 1 spiro atoms. The van der Waals surface area contributed by atoms with Gasteiger partial charge >= 0.3 is 0 Å². The molecule has 5 aromatic rings. The lowest BCUT2D eigenvalue weighted by Gasteiger charge is -2.56. The highest BCUT2D eigenvalue weighted by molar-refractivity contribution is 6.23. The number of imide groups is 2. The van der Waals surface area contributed by atoms with Gasteiger partial charge in [-0.3, -0.25) is 39.1 Å². The van der Waals surface area contributed by atoms with Crippen LogP contribution in [0.5, 0.6) is 0 Å². The van der Waals surface area contributed by atoms with Crippen LogP contribution in [0.25, 0.3) is 11.2 Å². The number of piperidine rings is 2. The number of carbonyl (C=O) groups excluding carboxylic acids is 5. The third kappa shape index (κ3) is 7.20. The summed E-state index contributed by atoms with van der Waals surface area (Å²) in [5, 5.41) is 8.82. The first-order chi connectivity index (χ1) is 31.1. The number of pyridine rings is 1. The van der Waals surface area contributed by atoms with Gasteiger partial charge in [0.2, 0.25) is 11.8 Å². The molecule has 17 nitrogen and oxygen atoms in total. The lowest BCUT2D eigenvalue weighted by Crippen LogP contribution is -2.59. The number of nitrogens with zero attached hydrogens (tertiary/aromatic N) is 9. The van der Waals surface area contributed by atoms with E-state index in [2.05, 4.69) is 79.4 Å². The van der Waals surface area contributed by atoms with Crippen LogP contribution in [-0.4, -0.2) is 121 Å².